The van der Waals surface area contributed by atoms with Gasteiger partial charge in [0.05, 0.1) is 12.4 Å². The second-order valence-corrected chi connectivity index (χ2v) is 5.82. The summed E-state index contributed by atoms with van der Waals surface area (Å²) in [5, 5.41) is 9.35. The number of hydrogen-bond donors (Lipinski definition) is 0. The standard InChI is InChI=1S/C19H24N2O2/c1-16(17(2)23-19-10-6-7-13-22-19)14-21(15-20)12-11-18-8-4-3-5-9-18/h3-10,13,16-17,19H,11-12,14H2,1-2H3/t16-,17-,19+/m0/s1. The lowest BCUT2D eigenvalue weighted by atomic mass is 10.1. The third-order valence-electron chi connectivity index (χ3n) is 3.98. The Bertz CT molecular complexity index is 562. The van der Waals surface area contributed by atoms with E-state index >= 15 is 0 Å². The van der Waals surface area contributed by atoms with Crippen LogP contribution in [0, 0.1) is 17.4 Å². The number of allylic oxidation sites excluding steroid dienone is 2. The van der Waals surface area contributed by atoms with Crippen LogP contribution < -0.4 is 0 Å². The third-order valence-corrected chi connectivity index (χ3v) is 3.98. The van der Waals surface area contributed by atoms with Crippen LogP contribution in [-0.4, -0.2) is 30.4 Å². The summed E-state index contributed by atoms with van der Waals surface area (Å²) in [6.07, 6.45) is 10.1. The van der Waals surface area contributed by atoms with Crippen LogP contribution in [0.2, 0.25) is 0 Å². The fourth-order valence-corrected chi connectivity index (χ4v) is 2.38. The Morgan fingerprint density at radius 2 is 2.04 bits per heavy atom. The molecule has 3 atom stereocenters. The molecule has 4 nitrogen and oxygen atoms in total. The third kappa shape index (κ3) is 5.80. The van der Waals surface area contributed by atoms with E-state index in [0.29, 0.717) is 6.54 Å². The van der Waals surface area contributed by atoms with E-state index in [2.05, 4.69) is 25.2 Å². The summed E-state index contributed by atoms with van der Waals surface area (Å²) in [5.41, 5.74) is 1.25. The summed E-state index contributed by atoms with van der Waals surface area (Å²) >= 11 is 0. The maximum atomic E-state index is 9.35. The van der Waals surface area contributed by atoms with E-state index in [-0.39, 0.29) is 18.3 Å². The van der Waals surface area contributed by atoms with Crippen molar-refractivity contribution in [2.24, 2.45) is 5.92 Å². The molecule has 0 spiro atoms. The van der Waals surface area contributed by atoms with Crippen molar-refractivity contribution in [1.29, 1.82) is 5.26 Å². The molecule has 0 N–H and O–H groups in total. The van der Waals surface area contributed by atoms with Crippen molar-refractivity contribution in [2.75, 3.05) is 13.1 Å². The van der Waals surface area contributed by atoms with Crippen molar-refractivity contribution in [3.05, 3.63) is 60.4 Å². The Hall–Kier alpha value is -2.25. The summed E-state index contributed by atoms with van der Waals surface area (Å²) < 4.78 is 11.2. The molecule has 0 bridgehead atoms. The molecular weight excluding hydrogens is 288 g/mol. The number of nitrogens with zero attached hydrogens (tertiary/aromatic N) is 2. The fourth-order valence-electron chi connectivity index (χ4n) is 2.38. The first-order valence-corrected chi connectivity index (χ1v) is 8.02. The van der Waals surface area contributed by atoms with E-state index in [4.69, 9.17) is 9.47 Å². The summed E-state index contributed by atoms with van der Waals surface area (Å²) in [4.78, 5) is 1.80. The van der Waals surface area contributed by atoms with Crippen molar-refractivity contribution in [3.8, 4) is 6.19 Å². The fraction of sp³-hybridized carbons (Fsp3) is 0.421. The monoisotopic (exact) mass is 312 g/mol. The van der Waals surface area contributed by atoms with Crippen molar-refractivity contribution in [2.45, 2.75) is 32.7 Å². The lowest BCUT2D eigenvalue weighted by Crippen LogP contribution is -2.34. The van der Waals surface area contributed by atoms with Gasteiger partial charge in [-0.3, -0.25) is 0 Å². The highest BCUT2D eigenvalue weighted by Crippen LogP contribution is 2.15. The highest BCUT2D eigenvalue weighted by atomic mass is 16.7. The average Bonchev–Trinajstić information content (AvgIpc) is 2.60. The minimum absolute atomic E-state index is 0.00345. The summed E-state index contributed by atoms with van der Waals surface area (Å²) in [7, 11) is 0. The van der Waals surface area contributed by atoms with Crippen LogP contribution >= 0.6 is 0 Å². The molecule has 23 heavy (non-hydrogen) atoms. The van der Waals surface area contributed by atoms with Gasteiger partial charge in [0.25, 0.3) is 0 Å². The van der Waals surface area contributed by atoms with Crippen LogP contribution in [0.4, 0.5) is 0 Å². The number of ether oxygens (including phenoxy) is 2. The van der Waals surface area contributed by atoms with E-state index in [9.17, 15) is 5.26 Å². The van der Waals surface area contributed by atoms with Crippen LogP contribution in [0.25, 0.3) is 0 Å². The second kappa shape index (κ2) is 9.02. The molecule has 0 unspecified atom stereocenters. The first-order valence-electron chi connectivity index (χ1n) is 8.02. The van der Waals surface area contributed by atoms with Gasteiger partial charge in [0.1, 0.15) is 0 Å². The molecule has 1 aromatic carbocycles. The van der Waals surface area contributed by atoms with Gasteiger partial charge in [-0.15, -0.1) is 0 Å². The number of benzene rings is 1. The normalized spacial score (nSPS) is 18.7. The molecule has 1 aromatic rings. The minimum Gasteiger partial charge on any atom is -0.469 e. The Kier molecular flexibility index (Phi) is 6.71. The molecule has 0 saturated heterocycles. The zero-order chi connectivity index (χ0) is 16.5. The van der Waals surface area contributed by atoms with Crippen molar-refractivity contribution in [1.82, 2.24) is 4.90 Å². The lowest BCUT2D eigenvalue weighted by molar-refractivity contribution is -0.122. The average molecular weight is 312 g/mol. The van der Waals surface area contributed by atoms with Gasteiger partial charge >= 0.3 is 0 Å². The maximum absolute atomic E-state index is 9.35. The van der Waals surface area contributed by atoms with E-state index < -0.39 is 0 Å². The van der Waals surface area contributed by atoms with Gasteiger partial charge in [-0.05, 0) is 31.1 Å². The summed E-state index contributed by atoms with van der Waals surface area (Å²) in [6.45, 7) is 5.52. The summed E-state index contributed by atoms with van der Waals surface area (Å²) in [5.74, 6) is 0.230. The highest BCUT2D eigenvalue weighted by molar-refractivity contribution is 5.15. The number of nitriles is 1. The van der Waals surface area contributed by atoms with Crippen molar-refractivity contribution in [3.63, 3.8) is 0 Å². The van der Waals surface area contributed by atoms with Crippen molar-refractivity contribution < 1.29 is 9.47 Å². The Morgan fingerprint density at radius 1 is 1.26 bits per heavy atom. The first-order chi connectivity index (χ1) is 11.2. The molecule has 0 aromatic heterocycles. The predicted octanol–water partition coefficient (Wildman–Crippen LogP) is 3.48. The first kappa shape index (κ1) is 17.1. The molecule has 0 amide bonds. The van der Waals surface area contributed by atoms with Gasteiger partial charge in [-0.25, -0.2) is 0 Å². The van der Waals surface area contributed by atoms with E-state index in [1.54, 1.807) is 11.2 Å². The van der Waals surface area contributed by atoms with E-state index in [1.807, 2.05) is 43.4 Å². The van der Waals surface area contributed by atoms with Crippen LogP contribution in [0.5, 0.6) is 0 Å². The lowest BCUT2D eigenvalue weighted by Gasteiger charge is -2.27. The van der Waals surface area contributed by atoms with Gasteiger partial charge in [-0.2, -0.15) is 5.26 Å². The zero-order valence-electron chi connectivity index (χ0n) is 13.8. The maximum Gasteiger partial charge on any atom is 0.219 e. The summed E-state index contributed by atoms with van der Waals surface area (Å²) in [6, 6.07) is 10.2. The molecule has 4 heteroatoms. The molecule has 0 fully saturated rings. The van der Waals surface area contributed by atoms with Crippen LogP contribution in [0.1, 0.15) is 19.4 Å². The van der Waals surface area contributed by atoms with Crippen molar-refractivity contribution >= 4 is 0 Å². The Morgan fingerprint density at radius 3 is 2.70 bits per heavy atom. The predicted molar refractivity (Wildman–Crippen MR) is 90.2 cm³/mol. The Labute approximate surface area is 138 Å². The molecule has 1 heterocycles. The molecule has 1 aliphatic rings. The van der Waals surface area contributed by atoms with Gasteiger partial charge in [0.15, 0.2) is 6.19 Å². The largest absolute Gasteiger partial charge is 0.469 e. The second-order valence-electron chi connectivity index (χ2n) is 5.82. The number of rotatable bonds is 8. The molecule has 122 valence electrons. The highest BCUT2D eigenvalue weighted by Gasteiger charge is 2.20. The molecular formula is C19H24N2O2. The number of hydrogen-bond acceptors (Lipinski definition) is 4. The van der Waals surface area contributed by atoms with Crippen LogP contribution in [-0.2, 0) is 15.9 Å². The smallest absolute Gasteiger partial charge is 0.219 e. The van der Waals surface area contributed by atoms with Gasteiger partial charge < -0.3 is 14.4 Å². The Balaban J connectivity index is 1.77. The minimum atomic E-state index is -0.336. The van der Waals surface area contributed by atoms with Crippen LogP contribution in [0.15, 0.2) is 54.8 Å². The van der Waals surface area contributed by atoms with E-state index in [1.165, 1.54) is 5.56 Å². The van der Waals surface area contributed by atoms with Gasteiger partial charge in [0.2, 0.25) is 6.29 Å². The van der Waals surface area contributed by atoms with Gasteiger partial charge in [0, 0.05) is 19.0 Å². The zero-order valence-corrected chi connectivity index (χ0v) is 13.8. The SMILES string of the molecule is C[C@H](O[C@@H]1C=CC=CO1)[C@@H](C)CN(C#N)CCc1ccccc1. The molecule has 0 aliphatic carbocycles. The topological polar surface area (TPSA) is 45.5 Å². The molecule has 0 saturated carbocycles. The quantitative estimate of drug-likeness (QED) is 0.544. The van der Waals surface area contributed by atoms with E-state index in [0.717, 1.165) is 13.0 Å². The molecule has 0 radical (unpaired) electrons. The molecule has 2 rings (SSSR count). The van der Waals surface area contributed by atoms with Crippen LogP contribution in [0.3, 0.4) is 0 Å². The molecule has 1 aliphatic heterocycles. The van der Waals surface area contributed by atoms with Gasteiger partial charge in [-0.1, -0.05) is 43.3 Å².